The lowest BCUT2D eigenvalue weighted by Gasteiger charge is -2.33. The maximum Gasteiger partial charge on any atom is 0.244 e. The second-order valence-electron chi connectivity index (χ2n) is 4.01. The lowest BCUT2D eigenvalue weighted by molar-refractivity contribution is -0.126. The molecule has 2 rings (SSSR count). The van der Waals surface area contributed by atoms with Gasteiger partial charge in [0.05, 0.1) is 6.07 Å². The molecule has 0 aliphatic heterocycles. The van der Waals surface area contributed by atoms with Crippen molar-refractivity contribution in [2.24, 2.45) is 5.41 Å². The summed E-state index contributed by atoms with van der Waals surface area (Å²) < 4.78 is 0. The van der Waals surface area contributed by atoms with Crippen LogP contribution in [0.2, 0.25) is 5.02 Å². The Morgan fingerprint density at radius 1 is 1.50 bits per heavy atom. The van der Waals surface area contributed by atoms with Crippen LogP contribution >= 0.6 is 11.6 Å². The molecule has 0 saturated heterocycles. The van der Waals surface area contributed by atoms with E-state index in [4.69, 9.17) is 16.9 Å². The molecule has 82 valence electrons. The molecule has 1 N–H and O–H groups in total. The molecular formula is C12H11ClN2O. The van der Waals surface area contributed by atoms with Gasteiger partial charge in [-0.1, -0.05) is 17.7 Å². The number of amides is 1. The molecular weight excluding hydrogens is 224 g/mol. The smallest absolute Gasteiger partial charge is 0.244 e. The van der Waals surface area contributed by atoms with Gasteiger partial charge < -0.3 is 5.32 Å². The van der Waals surface area contributed by atoms with Crippen molar-refractivity contribution < 1.29 is 4.79 Å². The average Bonchev–Trinajstić information content (AvgIpc) is 2.16. The Bertz CT molecular complexity index is 460. The molecule has 1 aliphatic rings. The monoisotopic (exact) mass is 234 g/mol. The Balaban J connectivity index is 2.11. The highest BCUT2D eigenvalue weighted by Gasteiger charge is 2.44. The highest BCUT2D eigenvalue weighted by molar-refractivity contribution is 6.30. The van der Waals surface area contributed by atoms with Crippen LogP contribution < -0.4 is 5.32 Å². The predicted molar refractivity (Wildman–Crippen MR) is 62.0 cm³/mol. The molecule has 0 unspecified atom stereocenters. The van der Waals surface area contributed by atoms with Crippen molar-refractivity contribution in [2.75, 3.05) is 5.32 Å². The van der Waals surface area contributed by atoms with Gasteiger partial charge in [-0.2, -0.15) is 5.26 Å². The fourth-order valence-corrected chi connectivity index (χ4v) is 1.93. The zero-order valence-electron chi connectivity index (χ0n) is 8.66. The van der Waals surface area contributed by atoms with Crippen LogP contribution in [0.3, 0.4) is 0 Å². The fraction of sp³-hybridized carbons (Fsp3) is 0.333. The van der Waals surface area contributed by atoms with Crippen molar-refractivity contribution in [3.63, 3.8) is 0 Å². The SMILES string of the molecule is N#CC1(C(=O)Nc2cccc(Cl)c2)CCC1. The molecule has 3 nitrogen and oxygen atoms in total. The quantitative estimate of drug-likeness (QED) is 0.855. The number of anilines is 1. The summed E-state index contributed by atoms with van der Waals surface area (Å²) in [6.45, 7) is 0. The number of nitriles is 1. The van der Waals surface area contributed by atoms with Gasteiger partial charge in [-0.15, -0.1) is 0 Å². The summed E-state index contributed by atoms with van der Waals surface area (Å²) in [6.07, 6.45) is 2.24. The highest BCUT2D eigenvalue weighted by atomic mass is 35.5. The average molecular weight is 235 g/mol. The minimum Gasteiger partial charge on any atom is -0.325 e. The van der Waals surface area contributed by atoms with Gasteiger partial charge in [0, 0.05) is 10.7 Å². The molecule has 1 saturated carbocycles. The maximum atomic E-state index is 11.9. The first-order chi connectivity index (χ1) is 7.66. The molecule has 1 amide bonds. The number of carbonyl (C=O) groups is 1. The number of halogens is 1. The number of hydrogen-bond acceptors (Lipinski definition) is 2. The van der Waals surface area contributed by atoms with Gasteiger partial charge in [-0.05, 0) is 37.5 Å². The number of nitrogens with one attached hydrogen (secondary N) is 1. The molecule has 0 aromatic heterocycles. The van der Waals surface area contributed by atoms with Crippen molar-refractivity contribution in [1.29, 1.82) is 5.26 Å². The molecule has 1 aromatic carbocycles. The molecule has 0 heterocycles. The molecule has 4 heteroatoms. The van der Waals surface area contributed by atoms with Crippen LogP contribution in [0.5, 0.6) is 0 Å². The van der Waals surface area contributed by atoms with Gasteiger partial charge in [-0.25, -0.2) is 0 Å². The molecule has 0 radical (unpaired) electrons. The molecule has 1 aliphatic carbocycles. The van der Waals surface area contributed by atoms with Crippen LogP contribution in [0.25, 0.3) is 0 Å². The molecule has 0 atom stereocenters. The number of hydrogen-bond donors (Lipinski definition) is 1. The Labute approximate surface area is 99.0 Å². The van der Waals surface area contributed by atoms with Gasteiger partial charge in [0.2, 0.25) is 5.91 Å². The number of nitrogens with zero attached hydrogens (tertiary/aromatic N) is 1. The van der Waals surface area contributed by atoms with E-state index in [2.05, 4.69) is 11.4 Å². The third-order valence-electron chi connectivity index (χ3n) is 2.94. The summed E-state index contributed by atoms with van der Waals surface area (Å²) in [5.41, 5.74) is -0.179. The Hall–Kier alpha value is -1.53. The van der Waals surface area contributed by atoms with E-state index in [1.807, 2.05) is 0 Å². The standard InChI is InChI=1S/C12H11ClN2O/c13-9-3-1-4-10(7-9)15-11(16)12(8-14)5-2-6-12/h1,3-4,7H,2,5-6H2,(H,15,16). The zero-order valence-corrected chi connectivity index (χ0v) is 9.42. The molecule has 1 aromatic rings. The Morgan fingerprint density at radius 3 is 2.75 bits per heavy atom. The number of rotatable bonds is 2. The van der Waals surface area contributed by atoms with E-state index < -0.39 is 5.41 Å². The van der Waals surface area contributed by atoms with E-state index >= 15 is 0 Å². The van der Waals surface area contributed by atoms with Crippen LogP contribution in [0, 0.1) is 16.7 Å². The van der Waals surface area contributed by atoms with Gasteiger partial charge in [0.1, 0.15) is 5.41 Å². The topological polar surface area (TPSA) is 52.9 Å². The van der Waals surface area contributed by atoms with Crippen LogP contribution in [0.1, 0.15) is 19.3 Å². The normalized spacial score (nSPS) is 17.0. The van der Waals surface area contributed by atoms with E-state index in [-0.39, 0.29) is 5.91 Å². The third-order valence-corrected chi connectivity index (χ3v) is 3.17. The van der Waals surface area contributed by atoms with Crippen molar-refractivity contribution in [3.8, 4) is 6.07 Å². The first-order valence-electron chi connectivity index (χ1n) is 5.15. The van der Waals surface area contributed by atoms with E-state index in [1.165, 1.54) is 0 Å². The Kier molecular flexibility index (Phi) is 2.84. The Morgan fingerprint density at radius 2 is 2.25 bits per heavy atom. The zero-order chi connectivity index (χ0) is 11.6. The van der Waals surface area contributed by atoms with E-state index in [1.54, 1.807) is 24.3 Å². The van der Waals surface area contributed by atoms with E-state index in [0.29, 0.717) is 23.6 Å². The lowest BCUT2D eigenvalue weighted by atomic mass is 9.69. The number of benzene rings is 1. The van der Waals surface area contributed by atoms with Gasteiger partial charge in [-0.3, -0.25) is 4.79 Å². The van der Waals surface area contributed by atoms with Crippen molar-refractivity contribution in [2.45, 2.75) is 19.3 Å². The third kappa shape index (κ3) is 1.89. The first-order valence-corrected chi connectivity index (χ1v) is 5.52. The van der Waals surface area contributed by atoms with Gasteiger partial charge in [0.15, 0.2) is 0 Å². The molecule has 0 bridgehead atoms. The van der Waals surface area contributed by atoms with Crippen molar-refractivity contribution >= 4 is 23.2 Å². The fourth-order valence-electron chi connectivity index (χ4n) is 1.74. The summed E-state index contributed by atoms with van der Waals surface area (Å²) in [5.74, 6) is -0.219. The molecule has 1 fully saturated rings. The minimum atomic E-state index is -0.817. The van der Waals surface area contributed by atoms with Crippen LogP contribution in [0.15, 0.2) is 24.3 Å². The van der Waals surface area contributed by atoms with Gasteiger partial charge in [0.25, 0.3) is 0 Å². The lowest BCUT2D eigenvalue weighted by Crippen LogP contribution is -2.40. The summed E-state index contributed by atoms with van der Waals surface area (Å²) in [6, 6.07) is 9.03. The first kappa shape index (κ1) is 11.0. The van der Waals surface area contributed by atoms with E-state index in [9.17, 15) is 4.79 Å². The maximum absolute atomic E-state index is 11.9. The number of carbonyl (C=O) groups excluding carboxylic acids is 1. The highest BCUT2D eigenvalue weighted by Crippen LogP contribution is 2.41. The molecule has 0 spiro atoms. The summed E-state index contributed by atoms with van der Waals surface area (Å²) >= 11 is 5.81. The largest absolute Gasteiger partial charge is 0.325 e. The second kappa shape index (κ2) is 4.15. The van der Waals surface area contributed by atoms with Crippen LogP contribution in [-0.4, -0.2) is 5.91 Å². The van der Waals surface area contributed by atoms with Crippen molar-refractivity contribution in [3.05, 3.63) is 29.3 Å². The van der Waals surface area contributed by atoms with Crippen molar-refractivity contribution in [1.82, 2.24) is 0 Å². The summed E-state index contributed by atoms with van der Waals surface area (Å²) in [5, 5.41) is 12.3. The minimum absolute atomic E-state index is 0.219. The van der Waals surface area contributed by atoms with Crippen LogP contribution in [-0.2, 0) is 4.79 Å². The second-order valence-corrected chi connectivity index (χ2v) is 4.45. The summed E-state index contributed by atoms with van der Waals surface area (Å²) in [4.78, 5) is 11.9. The van der Waals surface area contributed by atoms with Crippen LogP contribution in [0.4, 0.5) is 5.69 Å². The molecule has 16 heavy (non-hydrogen) atoms. The summed E-state index contributed by atoms with van der Waals surface area (Å²) in [7, 11) is 0. The van der Waals surface area contributed by atoms with Gasteiger partial charge >= 0.3 is 0 Å². The predicted octanol–water partition coefficient (Wildman–Crippen LogP) is 2.97. The van der Waals surface area contributed by atoms with E-state index in [0.717, 1.165) is 6.42 Å².